The summed E-state index contributed by atoms with van der Waals surface area (Å²) in [6, 6.07) is 21.9. The van der Waals surface area contributed by atoms with Crippen LogP contribution in [0, 0.1) is 10.1 Å². The van der Waals surface area contributed by atoms with Crippen LogP contribution in [0.4, 0.5) is 11.4 Å². The summed E-state index contributed by atoms with van der Waals surface area (Å²) >= 11 is 12.8. The lowest BCUT2D eigenvalue weighted by molar-refractivity contribution is -0.384. The molecule has 0 aliphatic carbocycles. The van der Waals surface area contributed by atoms with Crippen molar-refractivity contribution in [2.24, 2.45) is 5.10 Å². The number of hydrazone groups is 1. The van der Waals surface area contributed by atoms with Gasteiger partial charge in [-0.05, 0) is 70.0 Å². The van der Waals surface area contributed by atoms with Gasteiger partial charge in [-0.3, -0.25) is 19.7 Å². The number of hydrogen-bond donors (Lipinski definition) is 2. The number of nitrogens with one attached hydrogen (secondary N) is 2. The number of benzene rings is 4. The molecule has 4 rings (SSSR count). The van der Waals surface area contributed by atoms with Crippen LogP contribution >= 0.6 is 43.5 Å². The number of nitro benzene ring substituents is 1. The van der Waals surface area contributed by atoms with Crippen LogP contribution in [0.2, 0.25) is 5.02 Å². The standard InChI is InChI=1S/C30H19Br2ClN4O6/c31-21-14-20(28(25(32)16-21)43-27(38)12-11-18-5-3-8-23(13-18)37(41)42)17-34-36-29(39)19-6-4-7-22(15-19)35-30(40)24-9-1-2-10-26(24)33/h1-17H,(H,35,40)(H,36,39)/b12-11+,34-17?. The minimum Gasteiger partial charge on any atom is -0.421 e. The van der Waals surface area contributed by atoms with E-state index in [1.807, 2.05) is 0 Å². The zero-order valence-electron chi connectivity index (χ0n) is 21.8. The van der Waals surface area contributed by atoms with Gasteiger partial charge in [0, 0.05) is 39.5 Å². The maximum Gasteiger partial charge on any atom is 0.336 e. The summed E-state index contributed by atoms with van der Waals surface area (Å²) in [5.41, 5.74) is 3.98. The molecular weight excluding hydrogens is 708 g/mol. The van der Waals surface area contributed by atoms with Gasteiger partial charge in [0.2, 0.25) is 0 Å². The van der Waals surface area contributed by atoms with Gasteiger partial charge in [0.05, 0.1) is 26.2 Å². The summed E-state index contributed by atoms with van der Waals surface area (Å²) in [5.74, 6) is -1.61. The number of anilines is 1. The summed E-state index contributed by atoms with van der Waals surface area (Å²) in [7, 11) is 0. The third kappa shape index (κ3) is 8.67. The van der Waals surface area contributed by atoms with Gasteiger partial charge < -0.3 is 10.1 Å². The molecule has 0 bridgehead atoms. The number of rotatable bonds is 9. The summed E-state index contributed by atoms with van der Waals surface area (Å²) in [6.07, 6.45) is 3.82. The van der Waals surface area contributed by atoms with Crippen LogP contribution in [0.25, 0.3) is 6.08 Å². The maximum absolute atomic E-state index is 12.8. The largest absolute Gasteiger partial charge is 0.421 e. The summed E-state index contributed by atoms with van der Waals surface area (Å²) in [6.45, 7) is 0. The highest BCUT2D eigenvalue weighted by Gasteiger charge is 2.14. The number of ether oxygens (including phenoxy) is 1. The Morgan fingerprint density at radius 2 is 1.70 bits per heavy atom. The second-order valence-electron chi connectivity index (χ2n) is 8.63. The number of nitrogens with zero attached hydrogens (tertiary/aromatic N) is 2. The second kappa shape index (κ2) is 14.5. The Labute approximate surface area is 266 Å². The van der Waals surface area contributed by atoms with Crippen molar-refractivity contribution < 1.29 is 24.0 Å². The molecule has 0 spiro atoms. The van der Waals surface area contributed by atoms with Crippen LogP contribution in [0.3, 0.4) is 0 Å². The predicted octanol–water partition coefficient (Wildman–Crippen LogP) is 7.41. The highest BCUT2D eigenvalue weighted by atomic mass is 79.9. The average molecular weight is 727 g/mol. The third-order valence-electron chi connectivity index (χ3n) is 5.60. The molecule has 2 N–H and O–H groups in total. The van der Waals surface area contributed by atoms with E-state index in [1.165, 1.54) is 36.6 Å². The van der Waals surface area contributed by atoms with Crippen molar-refractivity contribution in [2.75, 3.05) is 5.32 Å². The molecule has 4 aromatic rings. The van der Waals surface area contributed by atoms with E-state index >= 15 is 0 Å². The van der Waals surface area contributed by atoms with Crippen molar-refractivity contribution in [3.05, 3.63) is 137 Å². The molecule has 0 saturated carbocycles. The van der Waals surface area contributed by atoms with Gasteiger partial charge in [-0.2, -0.15) is 5.10 Å². The van der Waals surface area contributed by atoms with Crippen LogP contribution in [0.15, 0.2) is 105 Å². The molecule has 0 heterocycles. The molecular formula is C30H19Br2ClN4O6. The average Bonchev–Trinajstić information content (AvgIpc) is 2.98. The van der Waals surface area contributed by atoms with E-state index < -0.39 is 22.7 Å². The number of carbonyl (C=O) groups excluding carboxylic acids is 3. The maximum atomic E-state index is 12.8. The molecule has 4 aromatic carbocycles. The molecule has 0 aliphatic rings. The highest BCUT2D eigenvalue weighted by molar-refractivity contribution is 9.11. The smallest absolute Gasteiger partial charge is 0.336 e. The van der Waals surface area contributed by atoms with Crippen LogP contribution in [0.1, 0.15) is 31.8 Å². The van der Waals surface area contributed by atoms with Gasteiger partial charge in [-0.15, -0.1) is 0 Å². The van der Waals surface area contributed by atoms with E-state index in [9.17, 15) is 24.5 Å². The van der Waals surface area contributed by atoms with Gasteiger partial charge in [-0.25, -0.2) is 10.2 Å². The molecule has 216 valence electrons. The number of hydrogen-bond acceptors (Lipinski definition) is 7. The van der Waals surface area contributed by atoms with Gasteiger partial charge in [0.1, 0.15) is 0 Å². The molecule has 0 fully saturated rings. The first-order chi connectivity index (χ1) is 20.6. The Bertz CT molecular complexity index is 1790. The van der Waals surface area contributed by atoms with Crippen molar-refractivity contribution in [2.45, 2.75) is 0 Å². The van der Waals surface area contributed by atoms with E-state index in [4.69, 9.17) is 16.3 Å². The summed E-state index contributed by atoms with van der Waals surface area (Å²) in [5, 5.41) is 18.0. The molecule has 0 saturated heterocycles. The second-order valence-corrected chi connectivity index (χ2v) is 10.8. The monoisotopic (exact) mass is 724 g/mol. The van der Waals surface area contributed by atoms with Crippen molar-refractivity contribution in [1.29, 1.82) is 0 Å². The van der Waals surface area contributed by atoms with Gasteiger partial charge in [0.25, 0.3) is 17.5 Å². The predicted molar refractivity (Wildman–Crippen MR) is 171 cm³/mol. The van der Waals surface area contributed by atoms with E-state index in [2.05, 4.69) is 47.7 Å². The number of nitro groups is 1. The molecule has 0 unspecified atom stereocenters. The first-order valence-electron chi connectivity index (χ1n) is 12.2. The SMILES string of the molecule is O=C(/C=C/c1cccc([N+](=O)[O-])c1)Oc1c(Br)cc(Br)cc1C=NNC(=O)c1cccc(NC(=O)c2ccccc2Cl)c1. The Balaban J connectivity index is 1.44. The summed E-state index contributed by atoms with van der Waals surface area (Å²) in [4.78, 5) is 48.3. The quantitative estimate of drug-likeness (QED) is 0.0460. The van der Waals surface area contributed by atoms with E-state index in [-0.39, 0.29) is 17.0 Å². The molecule has 0 atom stereocenters. The number of amides is 2. The molecule has 0 aliphatic heterocycles. The number of esters is 1. The van der Waals surface area contributed by atoms with Gasteiger partial charge in [-0.1, -0.05) is 57.9 Å². The van der Waals surface area contributed by atoms with Crippen LogP contribution in [0.5, 0.6) is 5.75 Å². The lowest BCUT2D eigenvalue weighted by Gasteiger charge is -2.09. The highest BCUT2D eigenvalue weighted by Crippen LogP contribution is 2.32. The summed E-state index contributed by atoms with van der Waals surface area (Å²) < 4.78 is 6.55. The topological polar surface area (TPSA) is 140 Å². The number of carbonyl (C=O) groups is 3. The third-order valence-corrected chi connectivity index (χ3v) is 6.98. The fourth-order valence-corrected chi connectivity index (χ4v) is 5.19. The van der Waals surface area contributed by atoms with Crippen molar-refractivity contribution in [1.82, 2.24) is 5.43 Å². The Morgan fingerprint density at radius 1 is 0.930 bits per heavy atom. The normalized spacial score (nSPS) is 11.0. The zero-order valence-corrected chi connectivity index (χ0v) is 25.7. The Hall–Kier alpha value is -4.65. The Morgan fingerprint density at radius 3 is 2.47 bits per heavy atom. The first kappa shape index (κ1) is 31.3. The van der Waals surface area contributed by atoms with Crippen molar-refractivity contribution >= 4 is 84.9 Å². The van der Waals surface area contributed by atoms with E-state index in [1.54, 1.807) is 60.7 Å². The molecule has 0 radical (unpaired) electrons. The fourth-order valence-electron chi connectivity index (χ4n) is 3.63. The molecule has 43 heavy (non-hydrogen) atoms. The minimum atomic E-state index is -0.746. The lowest BCUT2D eigenvalue weighted by atomic mass is 10.1. The lowest BCUT2D eigenvalue weighted by Crippen LogP contribution is -2.18. The fraction of sp³-hybridized carbons (Fsp3) is 0. The molecule has 13 heteroatoms. The van der Waals surface area contributed by atoms with Crippen LogP contribution in [-0.4, -0.2) is 28.9 Å². The van der Waals surface area contributed by atoms with Gasteiger partial charge >= 0.3 is 5.97 Å². The van der Waals surface area contributed by atoms with Crippen LogP contribution < -0.4 is 15.5 Å². The Kier molecular flexibility index (Phi) is 10.5. The minimum absolute atomic E-state index is 0.111. The van der Waals surface area contributed by atoms with Gasteiger partial charge in [0.15, 0.2) is 5.75 Å². The number of non-ortho nitro benzene ring substituents is 1. The zero-order chi connectivity index (χ0) is 30.9. The number of halogens is 3. The van der Waals surface area contributed by atoms with Crippen LogP contribution in [-0.2, 0) is 4.79 Å². The van der Waals surface area contributed by atoms with E-state index in [0.29, 0.717) is 36.3 Å². The first-order valence-corrected chi connectivity index (χ1v) is 14.2. The van der Waals surface area contributed by atoms with Crippen molar-refractivity contribution in [3.63, 3.8) is 0 Å². The molecule has 0 aromatic heterocycles. The van der Waals surface area contributed by atoms with E-state index in [0.717, 1.165) is 6.08 Å². The molecule has 2 amide bonds. The molecule has 10 nitrogen and oxygen atoms in total. The van der Waals surface area contributed by atoms with Crippen molar-refractivity contribution in [3.8, 4) is 5.75 Å².